The van der Waals surface area contributed by atoms with Gasteiger partial charge in [0.2, 0.25) is 0 Å². The van der Waals surface area contributed by atoms with E-state index in [4.69, 9.17) is 0 Å². The first-order valence-electron chi connectivity index (χ1n) is 4.05. The normalized spacial score (nSPS) is 31.5. The Labute approximate surface area is 66.9 Å². The van der Waals surface area contributed by atoms with Gasteiger partial charge in [0, 0.05) is 5.92 Å². The van der Waals surface area contributed by atoms with E-state index in [2.05, 4.69) is 0 Å². The number of carbonyl (C=O) groups excluding carboxylic acids is 1. The van der Waals surface area contributed by atoms with Crippen LogP contribution in [0.2, 0.25) is 0 Å². The molecule has 2 heteroatoms. The Morgan fingerprint density at radius 2 is 2.27 bits per heavy atom. The van der Waals surface area contributed by atoms with Gasteiger partial charge in [0.25, 0.3) is 0 Å². The minimum atomic E-state index is -0.428. The van der Waals surface area contributed by atoms with Crippen molar-refractivity contribution >= 4 is 5.78 Å². The molecule has 1 aliphatic rings. The van der Waals surface area contributed by atoms with Gasteiger partial charge in [0.1, 0.15) is 5.78 Å². The minimum absolute atomic E-state index is 0.101. The van der Waals surface area contributed by atoms with Crippen molar-refractivity contribution in [3.8, 4) is 0 Å². The van der Waals surface area contributed by atoms with Crippen LogP contribution in [-0.4, -0.2) is 17.0 Å². The first-order valence-corrected chi connectivity index (χ1v) is 4.05. The Kier molecular flexibility index (Phi) is 2.83. The van der Waals surface area contributed by atoms with Gasteiger partial charge < -0.3 is 5.11 Å². The first kappa shape index (κ1) is 8.47. The molecular weight excluding hydrogens is 140 g/mol. The average Bonchev–Trinajstić information content (AvgIpc) is 2.13. The minimum Gasteiger partial charge on any atom is -0.392 e. The van der Waals surface area contributed by atoms with Crippen LogP contribution in [0.15, 0.2) is 12.2 Å². The van der Waals surface area contributed by atoms with E-state index in [9.17, 15) is 9.90 Å². The summed E-state index contributed by atoms with van der Waals surface area (Å²) >= 11 is 0. The molecule has 0 bridgehead atoms. The molecule has 0 aromatic carbocycles. The predicted molar refractivity (Wildman–Crippen MR) is 43.2 cm³/mol. The Morgan fingerprint density at radius 1 is 1.55 bits per heavy atom. The highest BCUT2D eigenvalue weighted by molar-refractivity contribution is 5.79. The maximum Gasteiger partial charge on any atom is 0.135 e. The third-order valence-corrected chi connectivity index (χ3v) is 2.17. The van der Waals surface area contributed by atoms with Gasteiger partial charge in [0.15, 0.2) is 0 Å². The second-order valence-corrected chi connectivity index (χ2v) is 3.07. The highest BCUT2D eigenvalue weighted by Crippen LogP contribution is 2.19. The lowest BCUT2D eigenvalue weighted by molar-refractivity contribution is -0.124. The van der Waals surface area contributed by atoms with Crippen molar-refractivity contribution in [3.63, 3.8) is 0 Å². The van der Waals surface area contributed by atoms with Crippen LogP contribution in [0, 0.1) is 5.92 Å². The van der Waals surface area contributed by atoms with Gasteiger partial charge >= 0.3 is 0 Å². The zero-order valence-corrected chi connectivity index (χ0v) is 6.79. The predicted octanol–water partition coefficient (Wildman–Crippen LogP) is 1.29. The topological polar surface area (TPSA) is 37.3 Å². The number of hydrogen-bond donors (Lipinski definition) is 1. The highest BCUT2D eigenvalue weighted by Gasteiger charge is 2.22. The summed E-state index contributed by atoms with van der Waals surface area (Å²) in [6.45, 7) is 1.55. The Bertz CT molecular complexity index is 172. The number of hydrogen-bond acceptors (Lipinski definition) is 2. The van der Waals surface area contributed by atoms with Crippen molar-refractivity contribution in [1.29, 1.82) is 0 Å². The van der Waals surface area contributed by atoms with E-state index in [0.717, 1.165) is 12.8 Å². The van der Waals surface area contributed by atoms with E-state index in [1.54, 1.807) is 6.92 Å². The smallest absolute Gasteiger partial charge is 0.135 e. The van der Waals surface area contributed by atoms with Crippen LogP contribution in [-0.2, 0) is 4.79 Å². The monoisotopic (exact) mass is 154 g/mol. The van der Waals surface area contributed by atoms with E-state index in [0.29, 0.717) is 6.42 Å². The maximum atomic E-state index is 11.0. The zero-order chi connectivity index (χ0) is 8.27. The first-order chi connectivity index (χ1) is 5.22. The Hall–Kier alpha value is -0.630. The van der Waals surface area contributed by atoms with Crippen molar-refractivity contribution < 1.29 is 9.90 Å². The molecule has 1 N–H and O–H groups in total. The molecule has 0 unspecified atom stereocenters. The molecule has 1 rings (SSSR count). The number of ketones is 1. The number of Topliss-reactive ketones (excluding diaryl/α,β-unsaturated/α-hetero) is 1. The van der Waals surface area contributed by atoms with Crippen LogP contribution in [0.1, 0.15) is 26.2 Å². The SMILES string of the molecule is CC(=O)[C@@H]1CC=CCC[C@@H]1O. The summed E-state index contributed by atoms with van der Waals surface area (Å²) in [5.74, 6) is -0.0576. The van der Waals surface area contributed by atoms with Crippen molar-refractivity contribution in [2.75, 3.05) is 0 Å². The summed E-state index contributed by atoms with van der Waals surface area (Å²) in [5.41, 5.74) is 0. The molecule has 0 fully saturated rings. The van der Waals surface area contributed by atoms with E-state index >= 15 is 0 Å². The lowest BCUT2D eigenvalue weighted by atomic mass is 9.94. The molecule has 0 aliphatic heterocycles. The molecule has 0 heterocycles. The largest absolute Gasteiger partial charge is 0.392 e. The van der Waals surface area contributed by atoms with Gasteiger partial charge in [0.05, 0.1) is 6.10 Å². The van der Waals surface area contributed by atoms with Crippen LogP contribution < -0.4 is 0 Å². The van der Waals surface area contributed by atoms with Crippen LogP contribution in [0.4, 0.5) is 0 Å². The van der Waals surface area contributed by atoms with Crippen LogP contribution in [0.25, 0.3) is 0 Å². The van der Waals surface area contributed by atoms with Crippen molar-refractivity contribution in [3.05, 3.63) is 12.2 Å². The molecule has 2 nitrogen and oxygen atoms in total. The summed E-state index contributed by atoms with van der Waals surface area (Å²) in [6, 6.07) is 0. The quantitative estimate of drug-likeness (QED) is 0.578. The van der Waals surface area contributed by atoms with E-state index in [-0.39, 0.29) is 11.7 Å². The van der Waals surface area contributed by atoms with Gasteiger partial charge in [-0.2, -0.15) is 0 Å². The highest BCUT2D eigenvalue weighted by atomic mass is 16.3. The molecule has 0 spiro atoms. The molecule has 0 amide bonds. The molecule has 1 aliphatic carbocycles. The summed E-state index contributed by atoms with van der Waals surface area (Å²) in [6.07, 6.45) is 5.92. The second kappa shape index (κ2) is 3.67. The lowest BCUT2D eigenvalue weighted by Gasteiger charge is -2.15. The van der Waals surface area contributed by atoms with Gasteiger partial charge in [-0.15, -0.1) is 0 Å². The van der Waals surface area contributed by atoms with Gasteiger partial charge in [-0.3, -0.25) is 4.79 Å². The van der Waals surface area contributed by atoms with Gasteiger partial charge in [-0.1, -0.05) is 12.2 Å². The summed E-state index contributed by atoms with van der Waals surface area (Å²) in [4.78, 5) is 11.0. The molecule has 0 radical (unpaired) electrons. The lowest BCUT2D eigenvalue weighted by Crippen LogP contribution is -2.25. The summed E-state index contributed by atoms with van der Waals surface area (Å²) in [7, 11) is 0. The molecule has 0 saturated heterocycles. The van der Waals surface area contributed by atoms with E-state index < -0.39 is 6.10 Å². The molecule has 0 saturated carbocycles. The van der Waals surface area contributed by atoms with Gasteiger partial charge in [-0.05, 0) is 26.2 Å². The molecular formula is C9H14O2. The molecule has 62 valence electrons. The van der Waals surface area contributed by atoms with E-state index in [1.807, 2.05) is 12.2 Å². The third kappa shape index (κ3) is 2.15. The zero-order valence-electron chi connectivity index (χ0n) is 6.79. The number of carbonyl (C=O) groups is 1. The molecule has 11 heavy (non-hydrogen) atoms. The number of aliphatic hydroxyl groups is 1. The number of allylic oxidation sites excluding steroid dienone is 2. The van der Waals surface area contributed by atoms with Crippen molar-refractivity contribution in [2.24, 2.45) is 5.92 Å². The Balaban J connectivity index is 2.60. The molecule has 0 aromatic heterocycles. The summed E-state index contributed by atoms with van der Waals surface area (Å²) < 4.78 is 0. The molecule has 0 aromatic rings. The fourth-order valence-electron chi connectivity index (χ4n) is 1.42. The third-order valence-electron chi connectivity index (χ3n) is 2.17. The van der Waals surface area contributed by atoms with Crippen LogP contribution in [0.5, 0.6) is 0 Å². The molecule has 2 atom stereocenters. The van der Waals surface area contributed by atoms with Crippen LogP contribution >= 0.6 is 0 Å². The van der Waals surface area contributed by atoms with Gasteiger partial charge in [-0.25, -0.2) is 0 Å². The van der Waals surface area contributed by atoms with Crippen molar-refractivity contribution in [1.82, 2.24) is 0 Å². The van der Waals surface area contributed by atoms with E-state index in [1.165, 1.54) is 0 Å². The Morgan fingerprint density at radius 3 is 2.91 bits per heavy atom. The average molecular weight is 154 g/mol. The van der Waals surface area contributed by atoms with Crippen LogP contribution in [0.3, 0.4) is 0 Å². The number of rotatable bonds is 1. The summed E-state index contributed by atoms with van der Waals surface area (Å²) in [5, 5.41) is 9.46. The fraction of sp³-hybridized carbons (Fsp3) is 0.667. The van der Waals surface area contributed by atoms with Crippen molar-refractivity contribution in [2.45, 2.75) is 32.3 Å². The maximum absolute atomic E-state index is 11.0. The standard InChI is InChI=1S/C9H14O2/c1-7(10)8-5-3-2-4-6-9(8)11/h2-3,8-9,11H,4-6H2,1H3/t8-,9-/m0/s1. The fourth-order valence-corrected chi connectivity index (χ4v) is 1.42. The second-order valence-electron chi connectivity index (χ2n) is 3.07. The number of aliphatic hydroxyl groups excluding tert-OH is 1.